The summed E-state index contributed by atoms with van der Waals surface area (Å²) in [6, 6.07) is 7.66. The lowest BCUT2D eigenvalue weighted by atomic mass is 9.60. The SMILES string of the molecule is COc1cc(C(=O)NC2CC3(CCN(C)CC3)C2)c(F)cc1Nc1ncc(C(F)(F)F)c(Oc2ccccc2N(C)S(C)(=O)=O)n1. The minimum atomic E-state index is -4.93. The van der Waals surface area contributed by atoms with Gasteiger partial charge in [-0.05, 0) is 69.4 Å². The van der Waals surface area contributed by atoms with Crippen molar-refractivity contribution in [3.05, 3.63) is 59.5 Å². The number of hydrogen-bond acceptors (Lipinski definition) is 9. The Morgan fingerprint density at radius 2 is 1.80 bits per heavy atom. The third kappa shape index (κ3) is 7.12. The van der Waals surface area contributed by atoms with Crippen LogP contribution in [-0.2, 0) is 16.2 Å². The van der Waals surface area contributed by atoms with Gasteiger partial charge in [-0.25, -0.2) is 17.8 Å². The Kier molecular flexibility index (Phi) is 9.05. The zero-order valence-corrected chi connectivity index (χ0v) is 26.4. The molecule has 16 heteroatoms. The first-order valence-corrected chi connectivity index (χ1v) is 16.2. The molecule has 1 amide bonds. The molecule has 1 saturated heterocycles. The number of piperidine rings is 1. The van der Waals surface area contributed by atoms with Gasteiger partial charge in [0.1, 0.15) is 17.1 Å². The number of aromatic nitrogens is 2. The molecule has 1 saturated carbocycles. The molecule has 1 aliphatic carbocycles. The van der Waals surface area contributed by atoms with Crippen molar-refractivity contribution in [2.24, 2.45) is 5.41 Å². The largest absolute Gasteiger partial charge is 0.495 e. The van der Waals surface area contributed by atoms with Crippen LogP contribution in [0.4, 0.5) is 34.9 Å². The van der Waals surface area contributed by atoms with Crippen LogP contribution in [0.5, 0.6) is 17.4 Å². The van der Waals surface area contributed by atoms with Crippen molar-refractivity contribution >= 4 is 33.3 Å². The van der Waals surface area contributed by atoms with E-state index < -0.39 is 45.3 Å². The van der Waals surface area contributed by atoms with Crippen molar-refractivity contribution in [1.82, 2.24) is 20.2 Å². The highest BCUT2D eigenvalue weighted by Crippen LogP contribution is 2.49. The topological polar surface area (TPSA) is 126 Å². The van der Waals surface area contributed by atoms with Crippen LogP contribution in [0.15, 0.2) is 42.6 Å². The van der Waals surface area contributed by atoms with E-state index in [9.17, 15) is 26.4 Å². The second-order valence-corrected chi connectivity index (χ2v) is 13.8. The van der Waals surface area contributed by atoms with Gasteiger partial charge in [-0.2, -0.15) is 18.2 Å². The van der Waals surface area contributed by atoms with E-state index in [1.54, 1.807) is 0 Å². The van der Waals surface area contributed by atoms with E-state index in [-0.39, 0.29) is 39.9 Å². The maximum atomic E-state index is 15.3. The molecule has 1 aliphatic heterocycles. The van der Waals surface area contributed by atoms with E-state index in [0.717, 1.165) is 55.4 Å². The summed E-state index contributed by atoms with van der Waals surface area (Å²) in [4.78, 5) is 22.9. The lowest BCUT2D eigenvalue weighted by Gasteiger charge is -2.52. The summed E-state index contributed by atoms with van der Waals surface area (Å²) < 4.78 is 92.9. The molecule has 0 atom stereocenters. The molecule has 2 N–H and O–H groups in total. The zero-order valence-electron chi connectivity index (χ0n) is 25.6. The van der Waals surface area contributed by atoms with Gasteiger partial charge in [0.25, 0.3) is 5.91 Å². The maximum Gasteiger partial charge on any atom is 0.423 e. The molecule has 2 heterocycles. The van der Waals surface area contributed by atoms with Crippen molar-refractivity contribution < 1.29 is 40.2 Å². The smallest absolute Gasteiger partial charge is 0.423 e. The summed E-state index contributed by atoms with van der Waals surface area (Å²) in [6.07, 6.45) is 0.248. The highest BCUT2D eigenvalue weighted by Gasteiger charge is 2.46. The Hall–Kier alpha value is -4.18. The van der Waals surface area contributed by atoms with Crippen LogP contribution in [0.1, 0.15) is 41.6 Å². The number of halogens is 4. The average molecular weight is 667 g/mol. The maximum absolute atomic E-state index is 15.3. The van der Waals surface area contributed by atoms with Gasteiger partial charge in [-0.3, -0.25) is 9.10 Å². The van der Waals surface area contributed by atoms with Crippen LogP contribution in [0.3, 0.4) is 0 Å². The number of likely N-dealkylation sites (tertiary alicyclic amines) is 1. The van der Waals surface area contributed by atoms with Crippen LogP contribution in [0, 0.1) is 11.2 Å². The molecule has 248 valence electrons. The predicted molar refractivity (Wildman–Crippen MR) is 163 cm³/mol. The Morgan fingerprint density at radius 1 is 1.13 bits per heavy atom. The molecule has 2 fully saturated rings. The second-order valence-electron chi connectivity index (χ2n) is 11.7. The van der Waals surface area contributed by atoms with Gasteiger partial charge in [0, 0.05) is 25.4 Å². The predicted octanol–water partition coefficient (Wildman–Crippen LogP) is 5.18. The number of hydrogen-bond donors (Lipinski definition) is 2. The summed E-state index contributed by atoms with van der Waals surface area (Å²) >= 11 is 0. The molecule has 5 rings (SSSR count). The van der Waals surface area contributed by atoms with Crippen molar-refractivity contribution in [3.8, 4) is 17.4 Å². The number of amides is 1. The third-order valence-corrected chi connectivity index (χ3v) is 9.68. The number of ether oxygens (including phenoxy) is 2. The molecule has 3 aromatic rings. The average Bonchev–Trinajstić information content (AvgIpc) is 2.96. The molecule has 46 heavy (non-hydrogen) atoms. The minimum Gasteiger partial charge on any atom is -0.495 e. The van der Waals surface area contributed by atoms with Gasteiger partial charge >= 0.3 is 6.18 Å². The third-order valence-electron chi connectivity index (χ3n) is 8.49. The van der Waals surface area contributed by atoms with Gasteiger partial charge in [0.2, 0.25) is 21.9 Å². The van der Waals surface area contributed by atoms with E-state index in [2.05, 4.69) is 32.5 Å². The molecular weight excluding hydrogens is 632 g/mol. The molecule has 2 aliphatic rings. The highest BCUT2D eigenvalue weighted by molar-refractivity contribution is 7.92. The molecule has 1 aromatic heterocycles. The van der Waals surface area contributed by atoms with Crippen LogP contribution >= 0.6 is 0 Å². The van der Waals surface area contributed by atoms with Crippen molar-refractivity contribution in [2.75, 3.05) is 50.2 Å². The summed E-state index contributed by atoms with van der Waals surface area (Å²) in [7, 11) is 0.801. The number of para-hydroxylation sites is 2. The van der Waals surface area contributed by atoms with Gasteiger partial charge < -0.3 is 25.0 Å². The van der Waals surface area contributed by atoms with Crippen molar-refractivity contribution in [2.45, 2.75) is 37.9 Å². The van der Waals surface area contributed by atoms with Gasteiger partial charge in [0.15, 0.2) is 5.75 Å². The Labute approximate surface area is 264 Å². The van der Waals surface area contributed by atoms with Crippen LogP contribution in [-0.4, -0.2) is 75.8 Å². The number of carbonyl (C=O) groups is 1. The molecule has 0 bridgehead atoms. The van der Waals surface area contributed by atoms with Crippen molar-refractivity contribution in [3.63, 3.8) is 0 Å². The number of nitrogens with zero attached hydrogens (tertiary/aromatic N) is 4. The molecule has 2 aromatic carbocycles. The van der Waals surface area contributed by atoms with Crippen molar-refractivity contribution in [1.29, 1.82) is 0 Å². The standard InChI is InChI=1S/C30H34F4N6O5S/c1-39-11-9-29(10-12-39)15-18(16-29)36-26(41)19-13-25(44-3)22(14-21(19)31)37-28-35-17-20(30(32,33)34)27(38-28)45-24-8-6-5-7-23(24)40(2)46(4,42)43/h5-8,13-14,17-18H,9-12,15-16H2,1-4H3,(H,36,41)(H,35,37,38). The molecule has 1 spiro atoms. The minimum absolute atomic E-state index is 0.0121. The zero-order chi connectivity index (χ0) is 33.4. The second kappa shape index (κ2) is 12.5. The highest BCUT2D eigenvalue weighted by atomic mass is 32.2. The summed E-state index contributed by atoms with van der Waals surface area (Å²) in [5.41, 5.74) is -1.47. The summed E-state index contributed by atoms with van der Waals surface area (Å²) in [5.74, 6) is -3.05. The van der Waals surface area contributed by atoms with Gasteiger partial charge in [0.05, 0.1) is 30.3 Å². The summed E-state index contributed by atoms with van der Waals surface area (Å²) in [6.45, 7) is 2.01. The monoisotopic (exact) mass is 666 g/mol. The van der Waals surface area contributed by atoms with E-state index in [1.807, 2.05) is 0 Å². The number of rotatable bonds is 9. The Bertz CT molecular complexity index is 1720. The molecule has 0 unspecified atom stereocenters. The molecule has 0 radical (unpaired) electrons. The first kappa shape index (κ1) is 33.2. The molecule has 11 nitrogen and oxygen atoms in total. The number of alkyl halides is 3. The Morgan fingerprint density at radius 3 is 2.43 bits per heavy atom. The van der Waals surface area contributed by atoms with E-state index in [1.165, 1.54) is 44.5 Å². The number of methoxy groups -OCH3 is 1. The quantitative estimate of drug-likeness (QED) is 0.297. The van der Waals surface area contributed by atoms with Crippen LogP contribution in [0.25, 0.3) is 0 Å². The number of carbonyl (C=O) groups excluding carboxylic acids is 1. The fraction of sp³-hybridized carbons (Fsp3) is 0.433. The lowest BCUT2D eigenvalue weighted by molar-refractivity contribution is -0.139. The Balaban J connectivity index is 1.37. The number of benzene rings is 2. The van der Waals surface area contributed by atoms with E-state index in [4.69, 9.17) is 9.47 Å². The molecular formula is C30H34F4N6O5S. The fourth-order valence-electron chi connectivity index (χ4n) is 5.75. The van der Waals surface area contributed by atoms with Crippen LogP contribution in [0.2, 0.25) is 0 Å². The number of anilines is 3. The number of nitrogens with one attached hydrogen (secondary N) is 2. The summed E-state index contributed by atoms with van der Waals surface area (Å²) in [5, 5.41) is 5.52. The fourth-order valence-corrected chi connectivity index (χ4v) is 6.26. The normalized spacial score (nSPS) is 16.9. The first-order chi connectivity index (χ1) is 21.6. The van der Waals surface area contributed by atoms with Gasteiger partial charge in [-0.1, -0.05) is 12.1 Å². The van der Waals surface area contributed by atoms with E-state index >= 15 is 4.39 Å². The first-order valence-electron chi connectivity index (χ1n) is 14.4. The van der Waals surface area contributed by atoms with Gasteiger partial charge in [-0.15, -0.1) is 0 Å². The van der Waals surface area contributed by atoms with E-state index in [0.29, 0.717) is 6.20 Å². The van der Waals surface area contributed by atoms with Crippen LogP contribution < -0.4 is 24.4 Å². The number of sulfonamides is 1. The lowest BCUT2D eigenvalue weighted by Crippen LogP contribution is -2.54.